The van der Waals surface area contributed by atoms with Crippen molar-refractivity contribution < 1.29 is 60.0 Å². The minimum Gasteiger partial charge on any atom is -0.481 e. The molecule has 0 aromatic carbocycles. The Morgan fingerprint density at radius 2 is 0.370 bits per heavy atom. The average molecular weight is 1230 g/mol. The summed E-state index contributed by atoms with van der Waals surface area (Å²) in [6.45, 7) is 7.41. The molecular formula is C65H132O12S4. The molecule has 0 rings (SSSR count). The summed E-state index contributed by atoms with van der Waals surface area (Å²) in [7, 11) is 0. The van der Waals surface area contributed by atoms with E-state index in [0.29, 0.717) is 25.7 Å². The Morgan fingerprint density at radius 3 is 0.481 bits per heavy atom. The first-order chi connectivity index (χ1) is 39.3. The normalized spacial score (nSPS) is 10.9. The third-order valence-electron chi connectivity index (χ3n) is 13.8. The molecule has 0 aliphatic carbocycles. The number of thioether (sulfide) groups is 4. The van der Waals surface area contributed by atoms with E-state index in [2.05, 4.69) is 27.7 Å². The zero-order valence-corrected chi connectivity index (χ0v) is 56.2. The molecule has 0 saturated heterocycles. The van der Waals surface area contributed by atoms with E-state index in [-0.39, 0.29) is 0 Å². The van der Waals surface area contributed by atoms with Gasteiger partial charge in [0.05, 0.1) is 57.5 Å². The molecule has 0 aromatic rings. The van der Waals surface area contributed by atoms with Crippen molar-refractivity contribution in [2.24, 2.45) is 5.41 Å². The van der Waals surface area contributed by atoms with Crippen LogP contribution in [0.25, 0.3) is 0 Å². The summed E-state index contributed by atoms with van der Waals surface area (Å²) in [5.41, 5.74) is -1.11. The lowest BCUT2D eigenvalue weighted by Crippen LogP contribution is -2.37. The lowest BCUT2D eigenvalue weighted by atomic mass is 9.93. The maximum absolute atomic E-state index is 10.3. The fraction of sp³-hybridized carbons (Fsp3) is 0.938. The number of rotatable bonds is 60. The lowest BCUT2D eigenvalue weighted by Gasteiger charge is -2.23. The molecule has 0 heterocycles. The SMILES string of the molecule is CCCCCCCCCCCCSCCC(=O)O.CCCCCCCCCCCCSCCC(=O)O.CCCCCCCCCCCCSCCC(=O)O.CCCCCCCCCCCCSCCC(=O)O.OCC(CO)(CO)CO. The van der Waals surface area contributed by atoms with Crippen LogP contribution in [0, 0.1) is 5.41 Å². The molecule has 0 aliphatic heterocycles. The third-order valence-corrected chi connectivity index (χ3v) is 18.0. The molecule has 0 bridgehead atoms. The minimum absolute atomic E-state index is 0.308. The van der Waals surface area contributed by atoms with Gasteiger partial charge in [0.2, 0.25) is 0 Å². The van der Waals surface area contributed by atoms with E-state index >= 15 is 0 Å². The van der Waals surface area contributed by atoms with Crippen LogP contribution in [-0.4, -0.2) is 137 Å². The van der Waals surface area contributed by atoms with Crippen molar-refractivity contribution in [3.8, 4) is 0 Å². The Balaban J connectivity index is -0.000000302. The standard InChI is InChI=1S/4C15H30O2S.C5H12O4/c4*1-2-3-4-5-6-7-8-9-10-11-13-18-14-12-15(16)17;6-1-5(2-7,3-8)4-9/h4*2-14H2,1H3,(H,16,17);6-9H,1-4H2. The summed E-state index contributed by atoms with van der Waals surface area (Å²) in [6, 6.07) is 0. The summed E-state index contributed by atoms with van der Waals surface area (Å²) in [6.07, 6.45) is 55.9. The van der Waals surface area contributed by atoms with Gasteiger partial charge in [0.1, 0.15) is 0 Å². The highest BCUT2D eigenvalue weighted by molar-refractivity contribution is 7.99. The highest BCUT2D eigenvalue weighted by atomic mass is 32.2. The molecule has 0 fully saturated rings. The van der Waals surface area contributed by atoms with Gasteiger partial charge in [-0.1, -0.05) is 259 Å². The molecule has 16 heteroatoms. The minimum atomic E-state index is -1.11. The maximum atomic E-state index is 10.3. The average Bonchev–Trinajstić information content (AvgIpc) is 3.45. The van der Waals surface area contributed by atoms with Crippen molar-refractivity contribution in [1.29, 1.82) is 0 Å². The molecule has 8 N–H and O–H groups in total. The second kappa shape index (κ2) is 81.2. The van der Waals surface area contributed by atoms with E-state index in [9.17, 15) is 19.2 Å². The number of hydrogen-bond acceptors (Lipinski definition) is 12. The first-order valence-electron chi connectivity index (χ1n) is 32.9. The Kier molecular flexibility index (Phi) is 89.1. The van der Waals surface area contributed by atoms with Crippen LogP contribution < -0.4 is 0 Å². The van der Waals surface area contributed by atoms with Crippen LogP contribution in [0.1, 0.15) is 310 Å². The Bertz CT molecular complexity index is 1040. The van der Waals surface area contributed by atoms with E-state index in [1.165, 1.54) is 257 Å². The molecule has 81 heavy (non-hydrogen) atoms. The Hall–Kier alpha value is -0.880. The molecule has 0 saturated carbocycles. The highest BCUT2D eigenvalue weighted by Gasteiger charge is 2.26. The van der Waals surface area contributed by atoms with E-state index in [1.54, 1.807) is 47.0 Å². The van der Waals surface area contributed by atoms with Gasteiger partial charge in [-0.25, -0.2) is 0 Å². The van der Waals surface area contributed by atoms with Crippen LogP contribution in [0.15, 0.2) is 0 Å². The van der Waals surface area contributed by atoms with Crippen LogP contribution >= 0.6 is 47.0 Å². The summed E-state index contributed by atoms with van der Waals surface area (Å²) in [5, 5.41) is 67.9. The number of carboxylic acid groups (broad SMARTS) is 4. The number of carbonyl (C=O) groups is 4. The predicted octanol–water partition coefficient (Wildman–Crippen LogP) is 18.4. The number of aliphatic hydroxyl groups excluding tert-OH is 4. The van der Waals surface area contributed by atoms with Crippen molar-refractivity contribution in [2.75, 3.05) is 72.5 Å². The van der Waals surface area contributed by atoms with Gasteiger partial charge in [-0.3, -0.25) is 19.2 Å². The topological polar surface area (TPSA) is 230 Å². The van der Waals surface area contributed by atoms with E-state index < -0.39 is 55.7 Å². The van der Waals surface area contributed by atoms with Crippen LogP contribution in [0.3, 0.4) is 0 Å². The fourth-order valence-electron chi connectivity index (χ4n) is 8.11. The molecule has 0 radical (unpaired) electrons. The number of hydrogen-bond donors (Lipinski definition) is 8. The number of carboxylic acids is 4. The fourth-order valence-corrected chi connectivity index (χ4v) is 11.8. The highest BCUT2D eigenvalue weighted by Crippen LogP contribution is 2.17. The lowest BCUT2D eigenvalue weighted by molar-refractivity contribution is -0.137. The van der Waals surface area contributed by atoms with Gasteiger partial charge in [-0.15, -0.1) is 0 Å². The van der Waals surface area contributed by atoms with Crippen molar-refractivity contribution in [3.63, 3.8) is 0 Å². The second-order valence-electron chi connectivity index (χ2n) is 21.9. The van der Waals surface area contributed by atoms with Gasteiger partial charge in [-0.2, -0.15) is 47.0 Å². The summed E-state index contributed by atoms with van der Waals surface area (Å²) in [5.74, 6) is 4.90. The van der Waals surface area contributed by atoms with Gasteiger partial charge in [0, 0.05) is 23.0 Å². The summed E-state index contributed by atoms with van der Waals surface area (Å²) < 4.78 is 0. The van der Waals surface area contributed by atoms with Crippen molar-refractivity contribution in [1.82, 2.24) is 0 Å². The van der Waals surface area contributed by atoms with Crippen LogP contribution in [0.4, 0.5) is 0 Å². The van der Waals surface area contributed by atoms with Crippen molar-refractivity contribution >= 4 is 70.9 Å². The van der Waals surface area contributed by atoms with Gasteiger partial charge >= 0.3 is 23.9 Å². The molecule has 0 atom stereocenters. The molecule has 12 nitrogen and oxygen atoms in total. The van der Waals surface area contributed by atoms with Gasteiger partial charge in [-0.05, 0) is 48.7 Å². The largest absolute Gasteiger partial charge is 0.481 e. The number of aliphatic carboxylic acids is 4. The first kappa shape index (κ1) is 88.9. The summed E-state index contributed by atoms with van der Waals surface area (Å²) in [4.78, 5) is 41.1. The number of unbranched alkanes of at least 4 members (excludes halogenated alkanes) is 36. The van der Waals surface area contributed by atoms with E-state index in [0.717, 1.165) is 46.0 Å². The molecule has 488 valence electrons. The monoisotopic (exact) mass is 1230 g/mol. The molecular weight excluding hydrogens is 1100 g/mol. The maximum Gasteiger partial charge on any atom is 0.304 e. The molecule has 0 spiro atoms. The predicted molar refractivity (Wildman–Crippen MR) is 356 cm³/mol. The Labute approximate surface area is 516 Å². The van der Waals surface area contributed by atoms with Crippen LogP contribution in [0.2, 0.25) is 0 Å². The molecule has 0 aliphatic rings. The smallest absolute Gasteiger partial charge is 0.304 e. The molecule has 0 amide bonds. The first-order valence-corrected chi connectivity index (χ1v) is 37.6. The summed E-state index contributed by atoms with van der Waals surface area (Å²) >= 11 is 7.11. The van der Waals surface area contributed by atoms with Gasteiger partial charge < -0.3 is 40.9 Å². The zero-order chi connectivity index (χ0) is 61.2. The van der Waals surface area contributed by atoms with E-state index in [4.69, 9.17) is 40.9 Å². The molecule has 0 unspecified atom stereocenters. The third kappa shape index (κ3) is 93.0. The molecule has 0 aromatic heterocycles. The van der Waals surface area contributed by atoms with Crippen LogP contribution in [-0.2, 0) is 19.2 Å². The Morgan fingerprint density at radius 1 is 0.235 bits per heavy atom. The van der Waals surface area contributed by atoms with Crippen molar-refractivity contribution in [2.45, 2.75) is 310 Å². The van der Waals surface area contributed by atoms with Crippen LogP contribution in [0.5, 0.6) is 0 Å². The second-order valence-corrected chi connectivity index (χ2v) is 26.8. The van der Waals surface area contributed by atoms with E-state index in [1.807, 2.05) is 0 Å². The van der Waals surface area contributed by atoms with Gasteiger partial charge in [0.25, 0.3) is 0 Å². The number of aliphatic hydroxyl groups is 4. The van der Waals surface area contributed by atoms with Crippen molar-refractivity contribution in [3.05, 3.63) is 0 Å². The quantitative estimate of drug-likeness (QED) is 0.0265. The zero-order valence-electron chi connectivity index (χ0n) is 52.9. The van der Waals surface area contributed by atoms with Gasteiger partial charge in [0.15, 0.2) is 0 Å².